The average Bonchev–Trinajstić information content (AvgIpc) is 2.98. The van der Waals surface area contributed by atoms with Crippen molar-refractivity contribution in [1.29, 1.82) is 0 Å². The van der Waals surface area contributed by atoms with Gasteiger partial charge in [0.15, 0.2) is 0 Å². The van der Waals surface area contributed by atoms with Crippen molar-refractivity contribution in [3.8, 4) is 5.75 Å². The van der Waals surface area contributed by atoms with E-state index in [0.717, 1.165) is 17.9 Å². The Labute approximate surface area is 131 Å². The van der Waals surface area contributed by atoms with E-state index in [4.69, 9.17) is 10.5 Å². The topological polar surface area (TPSA) is 59.3 Å². The molecule has 2 aromatic rings. The maximum atomic E-state index is 6.06. The van der Waals surface area contributed by atoms with Gasteiger partial charge >= 0.3 is 0 Å². The van der Waals surface area contributed by atoms with Crippen LogP contribution < -0.4 is 21.3 Å². The van der Waals surface area contributed by atoms with E-state index < -0.39 is 0 Å². The molecule has 1 aliphatic heterocycles. The molecule has 2 aromatic carbocycles. The summed E-state index contributed by atoms with van der Waals surface area (Å²) < 4.78 is 6.06. The molecule has 1 heterocycles. The minimum absolute atomic E-state index is 0.0908. The standard InChI is InChI=1S/C18H23N3O/c1-12-4-3-5-16(10-12)22-13(2)17-11-18(21-20-17)14-6-8-15(19)9-7-14/h3-10,13,17-18,20-21H,11,19H2,1-2H3. The molecule has 4 nitrogen and oxygen atoms in total. The van der Waals surface area contributed by atoms with Gasteiger partial charge in [-0.2, -0.15) is 0 Å². The zero-order chi connectivity index (χ0) is 15.5. The molecule has 0 bridgehead atoms. The lowest BCUT2D eigenvalue weighted by atomic mass is 9.99. The second-order valence-electron chi connectivity index (χ2n) is 5.99. The molecule has 0 aromatic heterocycles. The molecule has 3 rings (SSSR count). The lowest BCUT2D eigenvalue weighted by Gasteiger charge is -2.20. The van der Waals surface area contributed by atoms with Crippen molar-refractivity contribution in [3.05, 3.63) is 59.7 Å². The third-order valence-corrected chi connectivity index (χ3v) is 4.15. The van der Waals surface area contributed by atoms with Crippen molar-refractivity contribution in [2.24, 2.45) is 0 Å². The first kappa shape index (κ1) is 14.9. The van der Waals surface area contributed by atoms with Gasteiger partial charge < -0.3 is 10.5 Å². The molecular formula is C18H23N3O. The predicted molar refractivity (Wildman–Crippen MR) is 89.5 cm³/mol. The van der Waals surface area contributed by atoms with Crippen molar-refractivity contribution in [2.45, 2.75) is 38.5 Å². The van der Waals surface area contributed by atoms with Crippen molar-refractivity contribution in [1.82, 2.24) is 10.9 Å². The maximum absolute atomic E-state index is 6.06. The van der Waals surface area contributed by atoms with Crippen LogP contribution in [0.5, 0.6) is 5.75 Å². The predicted octanol–water partition coefficient (Wildman–Crippen LogP) is 2.95. The number of nitrogens with two attached hydrogens (primary N) is 1. The molecule has 0 amide bonds. The van der Waals surface area contributed by atoms with Gasteiger partial charge in [0.1, 0.15) is 11.9 Å². The number of aryl methyl sites for hydroxylation is 1. The molecule has 22 heavy (non-hydrogen) atoms. The van der Waals surface area contributed by atoms with Gasteiger partial charge in [-0.15, -0.1) is 0 Å². The van der Waals surface area contributed by atoms with Crippen LogP contribution in [0.2, 0.25) is 0 Å². The van der Waals surface area contributed by atoms with Crippen molar-refractivity contribution in [2.75, 3.05) is 5.73 Å². The molecule has 1 fully saturated rings. The van der Waals surface area contributed by atoms with Crippen LogP contribution in [0.4, 0.5) is 5.69 Å². The summed E-state index contributed by atoms with van der Waals surface area (Å²) in [5.74, 6) is 0.922. The first-order valence-corrected chi connectivity index (χ1v) is 7.71. The Bertz CT molecular complexity index is 626. The summed E-state index contributed by atoms with van der Waals surface area (Å²) in [6, 6.07) is 16.7. The second kappa shape index (κ2) is 6.38. The summed E-state index contributed by atoms with van der Waals surface area (Å²) in [7, 11) is 0. The minimum atomic E-state index is 0.0908. The van der Waals surface area contributed by atoms with Gasteiger partial charge in [0, 0.05) is 11.7 Å². The number of nitrogen functional groups attached to an aromatic ring is 1. The Hall–Kier alpha value is -2.04. The number of nitrogens with one attached hydrogen (secondary N) is 2. The van der Waals surface area contributed by atoms with Crippen LogP contribution in [0.1, 0.15) is 30.5 Å². The minimum Gasteiger partial charge on any atom is -0.489 e. The van der Waals surface area contributed by atoms with Gasteiger partial charge in [0.05, 0.1) is 6.04 Å². The van der Waals surface area contributed by atoms with E-state index in [0.29, 0.717) is 0 Å². The summed E-state index contributed by atoms with van der Waals surface area (Å²) in [5, 5.41) is 0. The van der Waals surface area contributed by atoms with Crippen LogP contribution >= 0.6 is 0 Å². The summed E-state index contributed by atoms with van der Waals surface area (Å²) in [6.07, 6.45) is 1.07. The Morgan fingerprint density at radius 1 is 1.14 bits per heavy atom. The molecule has 3 atom stereocenters. The molecular weight excluding hydrogens is 274 g/mol. The molecule has 1 aliphatic rings. The number of benzene rings is 2. The normalized spacial score (nSPS) is 22.5. The fourth-order valence-corrected chi connectivity index (χ4v) is 2.82. The van der Waals surface area contributed by atoms with E-state index in [2.05, 4.69) is 49.0 Å². The van der Waals surface area contributed by atoms with Crippen LogP contribution in [0, 0.1) is 6.92 Å². The third kappa shape index (κ3) is 3.40. The summed E-state index contributed by atoms with van der Waals surface area (Å²) >= 11 is 0. The summed E-state index contributed by atoms with van der Waals surface area (Å²) in [5.41, 5.74) is 15.7. The average molecular weight is 297 g/mol. The van der Waals surface area contributed by atoms with Crippen LogP contribution in [0.25, 0.3) is 0 Å². The first-order chi connectivity index (χ1) is 10.6. The van der Waals surface area contributed by atoms with Crippen molar-refractivity contribution >= 4 is 5.69 Å². The van der Waals surface area contributed by atoms with Crippen molar-refractivity contribution < 1.29 is 4.74 Å². The molecule has 0 radical (unpaired) electrons. The quantitative estimate of drug-likeness (QED) is 0.759. The van der Waals surface area contributed by atoms with Crippen LogP contribution in [-0.2, 0) is 0 Å². The number of hydrogen-bond acceptors (Lipinski definition) is 4. The molecule has 0 aliphatic carbocycles. The Balaban J connectivity index is 1.61. The fourth-order valence-electron chi connectivity index (χ4n) is 2.82. The monoisotopic (exact) mass is 297 g/mol. The molecule has 4 N–H and O–H groups in total. The van der Waals surface area contributed by atoms with Gasteiger partial charge in [-0.3, -0.25) is 5.43 Å². The highest BCUT2D eigenvalue weighted by molar-refractivity contribution is 5.40. The van der Waals surface area contributed by atoms with Crippen LogP contribution in [0.3, 0.4) is 0 Å². The zero-order valence-electron chi connectivity index (χ0n) is 13.0. The van der Waals surface area contributed by atoms with Gasteiger partial charge in [-0.1, -0.05) is 24.3 Å². The van der Waals surface area contributed by atoms with Gasteiger partial charge in [0.2, 0.25) is 0 Å². The highest BCUT2D eigenvalue weighted by Crippen LogP contribution is 2.26. The van der Waals surface area contributed by atoms with Gasteiger partial charge in [-0.05, 0) is 55.7 Å². The molecule has 0 spiro atoms. The smallest absolute Gasteiger partial charge is 0.120 e. The van der Waals surface area contributed by atoms with Crippen LogP contribution in [0.15, 0.2) is 48.5 Å². The lowest BCUT2D eigenvalue weighted by molar-refractivity contribution is 0.176. The third-order valence-electron chi connectivity index (χ3n) is 4.15. The molecule has 4 heteroatoms. The van der Waals surface area contributed by atoms with Gasteiger partial charge in [-0.25, -0.2) is 5.43 Å². The summed E-state index contributed by atoms with van der Waals surface area (Å²) in [4.78, 5) is 0. The van der Waals surface area contributed by atoms with E-state index in [9.17, 15) is 0 Å². The molecule has 116 valence electrons. The molecule has 3 unspecified atom stereocenters. The molecule has 0 saturated carbocycles. The Morgan fingerprint density at radius 2 is 1.91 bits per heavy atom. The van der Waals surface area contributed by atoms with E-state index in [-0.39, 0.29) is 18.2 Å². The fraction of sp³-hybridized carbons (Fsp3) is 0.333. The second-order valence-corrected chi connectivity index (χ2v) is 5.99. The van der Waals surface area contributed by atoms with E-state index in [1.54, 1.807) is 0 Å². The largest absolute Gasteiger partial charge is 0.489 e. The number of ether oxygens (including phenoxy) is 1. The SMILES string of the molecule is Cc1cccc(OC(C)C2CC(c3ccc(N)cc3)NN2)c1. The van der Waals surface area contributed by atoms with E-state index in [1.165, 1.54) is 11.1 Å². The number of anilines is 1. The van der Waals surface area contributed by atoms with Gasteiger partial charge in [0.25, 0.3) is 0 Å². The zero-order valence-corrected chi connectivity index (χ0v) is 13.0. The number of hydrogen-bond donors (Lipinski definition) is 3. The first-order valence-electron chi connectivity index (χ1n) is 7.71. The van der Waals surface area contributed by atoms with Crippen molar-refractivity contribution in [3.63, 3.8) is 0 Å². The highest BCUT2D eigenvalue weighted by Gasteiger charge is 2.30. The maximum Gasteiger partial charge on any atom is 0.120 e. The highest BCUT2D eigenvalue weighted by atomic mass is 16.5. The Kier molecular flexibility index (Phi) is 4.32. The lowest BCUT2D eigenvalue weighted by Crippen LogP contribution is -2.40. The number of rotatable bonds is 4. The van der Waals surface area contributed by atoms with E-state index in [1.807, 2.05) is 24.3 Å². The molecule has 1 saturated heterocycles. The number of hydrazine groups is 1. The Morgan fingerprint density at radius 3 is 2.64 bits per heavy atom. The van der Waals surface area contributed by atoms with E-state index >= 15 is 0 Å². The summed E-state index contributed by atoms with van der Waals surface area (Å²) in [6.45, 7) is 4.18. The van der Waals surface area contributed by atoms with Crippen LogP contribution in [-0.4, -0.2) is 12.1 Å².